The normalized spacial score (nSPS) is 17.2. The number of aromatic nitrogens is 1. The maximum Gasteiger partial charge on any atom is 0.223 e. The molecular weight excluding hydrogens is 328 g/mol. The number of carbonyl (C=O) groups excluding carboxylic acids is 1. The van der Waals surface area contributed by atoms with Gasteiger partial charge in [-0.1, -0.05) is 28.9 Å². The van der Waals surface area contributed by atoms with Crippen LogP contribution >= 0.6 is 11.6 Å². The molecule has 1 amide bonds. The van der Waals surface area contributed by atoms with Crippen molar-refractivity contribution in [2.75, 3.05) is 20.2 Å². The van der Waals surface area contributed by atoms with Crippen molar-refractivity contribution < 1.29 is 14.1 Å². The lowest BCUT2D eigenvalue weighted by Gasteiger charge is -2.16. The Morgan fingerprint density at radius 2 is 2.21 bits per heavy atom. The van der Waals surface area contributed by atoms with Gasteiger partial charge in [-0.15, -0.1) is 0 Å². The van der Waals surface area contributed by atoms with Gasteiger partial charge in [-0.3, -0.25) is 4.79 Å². The lowest BCUT2D eigenvalue weighted by molar-refractivity contribution is -0.130. The average Bonchev–Trinajstić information content (AvgIpc) is 3.22. The van der Waals surface area contributed by atoms with E-state index in [0.29, 0.717) is 29.7 Å². The van der Waals surface area contributed by atoms with Crippen molar-refractivity contribution >= 4 is 17.5 Å². The van der Waals surface area contributed by atoms with E-state index in [1.54, 1.807) is 13.2 Å². The lowest BCUT2D eigenvalue weighted by atomic mass is 9.99. The zero-order valence-electron chi connectivity index (χ0n) is 13.7. The molecular formula is C18H21ClN2O3. The Morgan fingerprint density at radius 3 is 2.88 bits per heavy atom. The third kappa shape index (κ3) is 4.29. The molecule has 128 valence electrons. The van der Waals surface area contributed by atoms with Gasteiger partial charge >= 0.3 is 0 Å². The van der Waals surface area contributed by atoms with Crippen LogP contribution in [0.15, 0.2) is 34.9 Å². The first-order valence-corrected chi connectivity index (χ1v) is 8.53. The number of ether oxygens (including phenoxy) is 1. The Hall–Kier alpha value is -2.01. The van der Waals surface area contributed by atoms with Crippen LogP contribution in [0.2, 0.25) is 5.15 Å². The second kappa shape index (κ2) is 7.71. The highest BCUT2D eigenvalue weighted by atomic mass is 35.5. The van der Waals surface area contributed by atoms with E-state index in [9.17, 15) is 4.79 Å². The Bertz CT molecular complexity index is 684. The van der Waals surface area contributed by atoms with E-state index in [1.807, 2.05) is 17.0 Å². The van der Waals surface area contributed by atoms with Crippen LogP contribution in [0, 0.1) is 5.92 Å². The van der Waals surface area contributed by atoms with Gasteiger partial charge < -0.3 is 14.2 Å². The van der Waals surface area contributed by atoms with Crippen LogP contribution < -0.4 is 4.74 Å². The summed E-state index contributed by atoms with van der Waals surface area (Å²) in [5, 5.41) is 3.95. The number of amides is 1. The van der Waals surface area contributed by atoms with Crippen LogP contribution in [0.4, 0.5) is 0 Å². The van der Waals surface area contributed by atoms with E-state index in [1.165, 1.54) is 5.56 Å². The number of nitrogens with zero attached hydrogens (tertiary/aromatic N) is 2. The van der Waals surface area contributed by atoms with Gasteiger partial charge in [0.15, 0.2) is 5.15 Å². The molecule has 6 heteroatoms. The third-order valence-corrected chi connectivity index (χ3v) is 4.62. The highest BCUT2D eigenvalue weighted by Gasteiger charge is 2.26. The minimum absolute atomic E-state index is 0.166. The quantitative estimate of drug-likeness (QED) is 0.803. The molecule has 0 radical (unpaired) electrons. The molecule has 2 heterocycles. The Morgan fingerprint density at radius 1 is 1.42 bits per heavy atom. The number of likely N-dealkylation sites (tertiary alicyclic amines) is 1. The molecule has 0 saturated carbocycles. The van der Waals surface area contributed by atoms with Gasteiger partial charge in [0.1, 0.15) is 11.5 Å². The van der Waals surface area contributed by atoms with Gasteiger partial charge in [0.25, 0.3) is 0 Å². The van der Waals surface area contributed by atoms with E-state index in [4.69, 9.17) is 20.9 Å². The summed E-state index contributed by atoms with van der Waals surface area (Å²) in [6.07, 6.45) is 3.01. The van der Waals surface area contributed by atoms with Crippen LogP contribution in [0.3, 0.4) is 0 Å². The molecule has 1 atom stereocenters. The summed E-state index contributed by atoms with van der Waals surface area (Å²) < 4.78 is 10.2. The van der Waals surface area contributed by atoms with E-state index >= 15 is 0 Å². The van der Waals surface area contributed by atoms with E-state index < -0.39 is 0 Å². The highest BCUT2D eigenvalue weighted by molar-refractivity contribution is 6.29. The fourth-order valence-corrected chi connectivity index (χ4v) is 3.27. The number of aryl methyl sites for hydroxylation is 1. The topological polar surface area (TPSA) is 55.6 Å². The molecule has 24 heavy (non-hydrogen) atoms. The van der Waals surface area contributed by atoms with Crippen LogP contribution in [0.25, 0.3) is 0 Å². The number of methoxy groups -OCH3 is 1. The van der Waals surface area contributed by atoms with E-state index in [0.717, 1.165) is 31.7 Å². The number of hydrogen-bond acceptors (Lipinski definition) is 4. The fourth-order valence-electron chi connectivity index (χ4n) is 3.11. The molecule has 1 aromatic carbocycles. The smallest absolute Gasteiger partial charge is 0.223 e. The number of carbonyl (C=O) groups is 1. The summed E-state index contributed by atoms with van der Waals surface area (Å²) in [5.74, 6) is 2.21. The van der Waals surface area contributed by atoms with Gasteiger partial charge in [0.2, 0.25) is 5.91 Å². The van der Waals surface area contributed by atoms with E-state index in [2.05, 4.69) is 17.3 Å². The predicted molar refractivity (Wildman–Crippen MR) is 91.2 cm³/mol. The molecule has 0 spiro atoms. The summed E-state index contributed by atoms with van der Waals surface area (Å²) in [7, 11) is 1.67. The largest absolute Gasteiger partial charge is 0.497 e. The fraction of sp³-hybridized carbons (Fsp3) is 0.444. The minimum atomic E-state index is 0.166. The summed E-state index contributed by atoms with van der Waals surface area (Å²) in [5.41, 5.74) is 1.28. The molecule has 3 rings (SSSR count). The standard InChI is InChI=1S/C18H21ClN2O3/c1-23-15-4-2-13(3-5-15)10-14-8-9-21(12-14)18(22)7-6-16-11-17(19)20-24-16/h2-5,11,14H,6-10,12H2,1H3. The molecule has 1 fully saturated rings. The third-order valence-electron chi connectivity index (χ3n) is 4.44. The number of benzene rings is 1. The second-order valence-corrected chi connectivity index (χ2v) is 6.55. The molecule has 2 aromatic rings. The summed E-state index contributed by atoms with van der Waals surface area (Å²) >= 11 is 5.71. The predicted octanol–water partition coefficient (Wildman–Crippen LogP) is 3.36. The van der Waals surface area contributed by atoms with Crippen LogP contribution in [-0.4, -0.2) is 36.2 Å². The molecule has 1 unspecified atom stereocenters. The molecule has 0 aliphatic carbocycles. The zero-order chi connectivity index (χ0) is 16.9. The summed E-state index contributed by atoms with van der Waals surface area (Å²) in [6.45, 7) is 1.65. The van der Waals surface area contributed by atoms with Gasteiger partial charge in [-0.05, 0) is 36.5 Å². The SMILES string of the molecule is COc1ccc(CC2CCN(C(=O)CCc3cc(Cl)no3)C2)cc1. The molecule has 1 aromatic heterocycles. The molecule has 1 aliphatic heterocycles. The molecule has 0 N–H and O–H groups in total. The van der Waals surface area contributed by atoms with Crippen molar-refractivity contribution in [3.63, 3.8) is 0 Å². The van der Waals surface area contributed by atoms with Crippen molar-refractivity contribution in [1.29, 1.82) is 0 Å². The van der Waals surface area contributed by atoms with Crippen molar-refractivity contribution in [3.05, 3.63) is 46.8 Å². The van der Waals surface area contributed by atoms with Crippen molar-refractivity contribution in [2.24, 2.45) is 5.92 Å². The van der Waals surface area contributed by atoms with Gasteiger partial charge in [0.05, 0.1) is 7.11 Å². The maximum atomic E-state index is 12.3. The van der Waals surface area contributed by atoms with Crippen LogP contribution in [0.5, 0.6) is 5.75 Å². The van der Waals surface area contributed by atoms with Crippen molar-refractivity contribution in [2.45, 2.75) is 25.7 Å². The van der Waals surface area contributed by atoms with Gasteiger partial charge in [-0.2, -0.15) is 0 Å². The minimum Gasteiger partial charge on any atom is -0.497 e. The highest BCUT2D eigenvalue weighted by Crippen LogP contribution is 2.23. The van der Waals surface area contributed by atoms with Crippen molar-refractivity contribution in [1.82, 2.24) is 10.1 Å². The van der Waals surface area contributed by atoms with Gasteiger partial charge in [0, 0.05) is 32.0 Å². The Kier molecular flexibility index (Phi) is 5.41. The monoisotopic (exact) mass is 348 g/mol. The first-order valence-electron chi connectivity index (χ1n) is 8.16. The molecule has 1 saturated heterocycles. The Balaban J connectivity index is 1.46. The maximum absolute atomic E-state index is 12.3. The number of rotatable bonds is 6. The van der Waals surface area contributed by atoms with Crippen LogP contribution in [-0.2, 0) is 17.6 Å². The lowest BCUT2D eigenvalue weighted by Crippen LogP contribution is -2.29. The molecule has 1 aliphatic rings. The zero-order valence-corrected chi connectivity index (χ0v) is 14.5. The molecule has 5 nitrogen and oxygen atoms in total. The van der Waals surface area contributed by atoms with Gasteiger partial charge in [-0.25, -0.2) is 0 Å². The first kappa shape index (κ1) is 16.8. The second-order valence-electron chi connectivity index (χ2n) is 6.16. The summed E-state index contributed by atoms with van der Waals surface area (Å²) in [6, 6.07) is 9.81. The van der Waals surface area contributed by atoms with Crippen molar-refractivity contribution in [3.8, 4) is 5.75 Å². The summed E-state index contributed by atoms with van der Waals surface area (Å²) in [4.78, 5) is 14.3. The number of hydrogen-bond donors (Lipinski definition) is 0. The Labute approximate surface area is 146 Å². The average molecular weight is 349 g/mol. The molecule has 0 bridgehead atoms. The first-order chi connectivity index (χ1) is 11.6. The number of halogens is 1. The van der Waals surface area contributed by atoms with Crippen LogP contribution in [0.1, 0.15) is 24.2 Å². The van der Waals surface area contributed by atoms with E-state index in [-0.39, 0.29) is 5.91 Å².